The summed E-state index contributed by atoms with van der Waals surface area (Å²) in [7, 11) is 0. The van der Waals surface area contributed by atoms with Crippen LogP contribution in [0.5, 0.6) is 0 Å². The predicted octanol–water partition coefficient (Wildman–Crippen LogP) is 2.98. The van der Waals surface area contributed by atoms with Crippen molar-refractivity contribution in [1.29, 1.82) is 0 Å². The Balaban J connectivity index is 4.67. The average Bonchev–Trinajstić information content (AvgIpc) is 2.04. The van der Waals surface area contributed by atoms with Gasteiger partial charge in [-0.15, -0.1) is 0 Å². The third-order valence-corrected chi connectivity index (χ3v) is 1.38. The Morgan fingerprint density at radius 1 is 1.25 bits per heavy atom. The van der Waals surface area contributed by atoms with Gasteiger partial charge in [-0.1, -0.05) is 11.6 Å². The second-order valence-electron chi connectivity index (χ2n) is 2.79. The molecule has 0 spiro atoms. The number of hydrogen-bond donors (Lipinski definition) is 0. The maximum absolute atomic E-state index is 4.17. The van der Waals surface area contributed by atoms with E-state index in [0.29, 0.717) is 5.84 Å². The first-order valence-corrected chi connectivity index (χ1v) is 3.93. The van der Waals surface area contributed by atoms with E-state index in [2.05, 4.69) is 16.7 Å². The van der Waals surface area contributed by atoms with Crippen LogP contribution in [0.2, 0.25) is 0 Å². The lowest BCUT2D eigenvalue weighted by Gasteiger charge is -1.96. The molecule has 0 amide bonds. The van der Waals surface area contributed by atoms with Crippen LogP contribution in [0, 0.1) is 0 Å². The van der Waals surface area contributed by atoms with E-state index in [0.717, 1.165) is 11.1 Å². The summed E-state index contributed by atoms with van der Waals surface area (Å²) in [5.41, 5.74) is 2.20. The minimum Gasteiger partial charge on any atom is -0.245 e. The van der Waals surface area contributed by atoms with Gasteiger partial charge in [-0.05, 0) is 40.0 Å². The number of allylic oxidation sites excluding steroid dienone is 2. The van der Waals surface area contributed by atoms with Gasteiger partial charge in [0, 0.05) is 6.20 Å². The lowest BCUT2D eigenvalue weighted by molar-refractivity contribution is 1.32. The topological polar surface area (TPSA) is 24.7 Å². The van der Waals surface area contributed by atoms with Crippen molar-refractivity contribution in [2.24, 2.45) is 9.98 Å². The molecule has 0 aromatic rings. The Bertz CT molecular complexity index is 241. The van der Waals surface area contributed by atoms with Crippen molar-refractivity contribution >= 4 is 12.6 Å². The average molecular weight is 164 g/mol. The molecule has 0 saturated carbocycles. The Kier molecular flexibility index (Phi) is 4.93. The van der Waals surface area contributed by atoms with Crippen LogP contribution in [0.4, 0.5) is 0 Å². The molecular formula is C10H16N2. The van der Waals surface area contributed by atoms with Crippen LogP contribution in [0.3, 0.4) is 0 Å². The van der Waals surface area contributed by atoms with Crippen molar-refractivity contribution in [3.05, 3.63) is 23.4 Å². The molecule has 66 valence electrons. The standard InChI is InChI=1S/C10H16N2/c1-6-9(4)10(11-5)12-7-8(2)3/h6-7H,5H2,1-4H3/b9-6+,12-10?. The van der Waals surface area contributed by atoms with Gasteiger partial charge < -0.3 is 0 Å². The van der Waals surface area contributed by atoms with Crippen molar-refractivity contribution in [2.75, 3.05) is 0 Å². The van der Waals surface area contributed by atoms with Gasteiger partial charge in [0.25, 0.3) is 0 Å². The summed E-state index contributed by atoms with van der Waals surface area (Å²) >= 11 is 0. The fraction of sp³-hybridized carbons (Fsp3) is 0.400. The number of aliphatic imine (C=N–C) groups is 2. The van der Waals surface area contributed by atoms with Crippen LogP contribution in [0.1, 0.15) is 27.7 Å². The summed E-state index contributed by atoms with van der Waals surface area (Å²) < 4.78 is 0. The molecule has 0 aliphatic heterocycles. The van der Waals surface area contributed by atoms with Crippen LogP contribution in [0.15, 0.2) is 33.4 Å². The number of nitrogens with zero attached hydrogens (tertiary/aromatic N) is 2. The predicted molar refractivity (Wildman–Crippen MR) is 55.8 cm³/mol. The van der Waals surface area contributed by atoms with Gasteiger partial charge >= 0.3 is 0 Å². The summed E-state index contributed by atoms with van der Waals surface area (Å²) in [6.45, 7) is 11.4. The molecule has 12 heavy (non-hydrogen) atoms. The first-order valence-electron chi connectivity index (χ1n) is 3.93. The SMILES string of the molecule is C=NC(=NC=C(C)C)/C(C)=C/C. The molecule has 0 aromatic heterocycles. The van der Waals surface area contributed by atoms with Crippen LogP contribution in [0.25, 0.3) is 0 Å². The molecule has 0 bridgehead atoms. The smallest absolute Gasteiger partial charge is 0.153 e. The van der Waals surface area contributed by atoms with E-state index < -0.39 is 0 Å². The molecule has 0 rings (SSSR count). The third-order valence-electron chi connectivity index (χ3n) is 1.38. The quantitative estimate of drug-likeness (QED) is 0.443. The Hall–Kier alpha value is -1.18. The molecule has 0 radical (unpaired) electrons. The Morgan fingerprint density at radius 3 is 2.17 bits per heavy atom. The second kappa shape index (κ2) is 5.47. The summed E-state index contributed by atoms with van der Waals surface area (Å²) in [5, 5.41) is 0. The molecule has 0 aliphatic carbocycles. The zero-order chi connectivity index (χ0) is 9.56. The molecule has 0 saturated heterocycles. The second-order valence-corrected chi connectivity index (χ2v) is 2.79. The highest BCUT2D eigenvalue weighted by molar-refractivity contribution is 6.00. The summed E-state index contributed by atoms with van der Waals surface area (Å²) in [6.07, 6.45) is 3.75. The van der Waals surface area contributed by atoms with Gasteiger partial charge in [0.2, 0.25) is 0 Å². The van der Waals surface area contributed by atoms with E-state index in [1.54, 1.807) is 6.20 Å². The molecule has 2 heteroatoms. The monoisotopic (exact) mass is 164 g/mol. The van der Waals surface area contributed by atoms with Gasteiger partial charge in [-0.25, -0.2) is 9.98 Å². The van der Waals surface area contributed by atoms with Gasteiger partial charge in [0.1, 0.15) is 0 Å². The van der Waals surface area contributed by atoms with Gasteiger partial charge in [-0.3, -0.25) is 0 Å². The van der Waals surface area contributed by atoms with Gasteiger partial charge in [0.15, 0.2) is 5.84 Å². The Labute approximate surface area is 74.4 Å². The largest absolute Gasteiger partial charge is 0.245 e. The third kappa shape index (κ3) is 3.86. The van der Waals surface area contributed by atoms with E-state index in [9.17, 15) is 0 Å². The van der Waals surface area contributed by atoms with E-state index in [4.69, 9.17) is 0 Å². The molecule has 0 unspecified atom stereocenters. The van der Waals surface area contributed by atoms with E-state index in [1.807, 2.05) is 33.8 Å². The number of hydrogen-bond acceptors (Lipinski definition) is 1. The van der Waals surface area contributed by atoms with Crippen molar-refractivity contribution in [3.63, 3.8) is 0 Å². The van der Waals surface area contributed by atoms with Crippen molar-refractivity contribution in [2.45, 2.75) is 27.7 Å². The van der Waals surface area contributed by atoms with Gasteiger partial charge in [-0.2, -0.15) is 0 Å². The minimum atomic E-state index is 0.693. The zero-order valence-electron chi connectivity index (χ0n) is 8.26. The maximum atomic E-state index is 4.17. The first kappa shape index (κ1) is 10.8. The Morgan fingerprint density at radius 2 is 1.83 bits per heavy atom. The van der Waals surface area contributed by atoms with Gasteiger partial charge in [0.05, 0.1) is 0 Å². The maximum Gasteiger partial charge on any atom is 0.153 e. The normalized spacial score (nSPS) is 12.7. The summed E-state index contributed by atoms with van der Waals surface area (Å²) in [4.78, 5) is 7.99. The van der Waals surface area contributed by atoms with E-state index >= 15 is 0 Å². The molecule has 0 atom stereocenters. The lowest BCUT2D eigenvalue weighted by Crippen LogP contribution is -1.93. The summed E-state index contributed by atoms with van der Waals surface area (Å²) in [5.74, 6) is 0.693. The van der Waals surface area contributed by atoms with Crippen molar-refractivity contribution < 1.29 is 0 Å². The van der Waals surface area contributed by atoms with Crippen molar-refractivity contribution in [3.8, 4) is 0 Å². The molecule has 0 heterocycles. The van der Waals surface area contributed by atoms with E-state index in [1.165, 1.54) is 0 Å². The zero-order valence-corrected chi connectivity index (χ0v) is 8.26. The first-order chi connectivity index (χ1) is 5.61. The highest BCUT2D eigenvalue weighted by atomic mass is 14.9. The van der Waals surface area contributed by atoms with Crippen LogP contribution in [-0.4, -0.2) is 12.6 Å². The fourth-order valence-electron chi connectivity index (χ4n) is 0.587. The number of rotatable bonds is 2. The van der Waals surface area contributed by atoms with Crippen LogP contribution >= 0.6 is 0 Å². The van der Waals surface area contributed by atoms with Crippen LogP contribution in [-0.2, 0) is 0 Å². The molecule has 0 fully saturated rings. The fourth-order valence-corrected chi connectivity index (χ4v) is 0.587. The summed E-state index contributed by atoms with van der Waals surface area (Å²) in [6, 6.07) is 0. The van der Waals surface area contributed by atoms with E-state index in [-0.39, 0.29) is 0 Å². The number of amidine groups is 1. The minimum absolute atomic E-state index is 0.693. The lowest BCUT2D eigenvalue weighted by atomic mass is 10.3. The highest BCUT2D eigenvalue weighted by Crippen LogP contribution is 2.00. The molecular weight excluding hydrogens is 148 g/mol. The van der Waals surface area contributed by atoms with Crippen LogP contribution < -0.4 is 0 Å². The molecule has 0 aromatic carbocycles. The molecule has 0 aliphatic rings. The molecule has 2 nitrogen and oxygen atoms in total. The highest BCUT2D eigenvalue weighted by Gasteiger charge is 1.94. The van der Waals surface area contributed by atoms with Crippen molar-refractivity contribution in [1.82, 2.24) is 0 Å². The molecule has 0 N–H and O–H groups in total.